The summed E-state index contributed by atoms with van der Waals surface area (Å²) in [6.45, 7) is 3.40. The Balaban J connectivity index is 1.61. The molecule has 0 saturated carbocycles. The first kappa shape index (κ1) is 21.0. The number of anilines is 1. The maximum Gasteiger partial charge on any atom is 0.322 e. The van der Waals surface area contributed by atoms with Crippen LogP contribution in [0.25, 0.3) is 0 Å². The van der Waals surface area contributed by atoms with Gasteiger partial charge in [0.15, 0.2) is 6.10 Å². The predicted octanol–water partition coefficient (Wildman–Crippen LogP) is 2.14. The molecular weight excluding hydrogens is 392 g/mol. The smallest absolute Gasteiger partial charge is 0.322 e. The maximum absolute atomic E-state index is 12.7. The molecule has 0 unspecified atom stereocenters. The van der Waals surface area contributed by atoms with Crippen LogP contribution in [0.2, 0.25) is 0 Å². The highest BCUT2D eigenvalue weighted by atomic mass is 32.2. The summed E-state index contributed by atoms with van der Waals surface area (Å²) in [5, 5.41) is 0. The average Bonchev–Trinajstić information content (AvgIpc) is 3.11. The SMILES string of the molecule is Cc1ccc(S(=O)(=O)N(C)CC(=O)O[C@H](C)C(=O)N2CCc3ccccc32)cc1. The van der Waals surface area contributed by atoms with E-state index in [1.807, 2.05) is 31.2 Å². The van der Waals surface area contributed by atoms with Crippen LogP contribution in [0.3, 0.4) is 0 Å². The van der Waals surface area contributed by atoms with Crippen LogP contribution in [-0.2, 0) is 30.8 Å². The first-order valence-corrected chi connectivity index (χ1v) is 10.8. The lowest BCUT2D eigenvalue weighted by atomic mass is 10.2. The fraction of sp³-hybridized carbons (Fsp3) is 0.333. The zero-order valence-electron chi connectivity index (χ0n) is 16.7. The van der Waals surface area contributed by atoms with Crippen molar-refractivity contribution in [2.45, 2.75) is 31.3 Å². The molecule has 0 N–H and O–H groups in total. The van der Waals surface area contributed by atoms with Gasteiger partial charge in [-0.05, 0) is 44.0 Å². The topological polar surface area (TPSA) is 84.0 Å². The Labute approximate surface area is 170 Å². The molecule has 1 amide bonds. The van der Waals surface area contributed by atoms with Crippen molar-refractivity contribution in [1.29, 1.82) is 0 Å². The molecule has 2 aromatic rings. The van der Waals surface area contributed by atoms with E-state index < -0.39 is 28.6 Å². The average molecular weight is 416 g/mol. The number of carbonyl (C=O) groups excluding carboxylic acids is 2. The number of rotatable bonds is 6. The van der Waals surface area contributed by atoms with Crippen LogP contribution in [0.5, 0.6) is 0 Å². The fourth-order valence-electron chi connectivity index (χ4n) is 3.23. The number of nitrogens with zero attached hydrogens (tertiary/aromatic N) is 2. The molecule has 29 heavy (non-hydrogen) atoms. The lowest BCUT2D eigenvalue weighted by Crippen LogP contribution is -2.41. The van der Waals surface area contributed by atoms with Gasteiger partial charge in [-0.25, -0.2) is 8.42 Å². The monoisotopic (exact) mass is 416 g/mol. The summed E-state index contributed by atoms with van der Waals surface area (Å²) in [7, 11) is -2.52. The van der Waals surface area contributed by atoms with Crippen molar-refractivity contribution in [2.75, 3.05) is 25.0 Å². The number of carbonyl (C=O) groups is 2. The zero-order valence-corrected chi connectivity index (χ0v) is 17.5. The van der Waals surface area contributed by atoms with Crippen LogP contribution >= 0.6 is 0 Å². The van der Waals surface area contributed by atoms with Crippen LogP contribution in [0.15, 0.2) is 53.4 Å². The summed E-state index contributed by atoms with van der Waals surface area (Å²) in [6, 6.07) is 13.9. The number of amides is 1. The van der Waals surface area contributed by atoms with Gasteiger partial charge in [-0.3, -0.25) is 9.59 Å². The Morgan fingerprint density at radius 1 is 1.14 bits per heavy atom. The van der Waals surface area contributed by atoms with Crippen LogP contribution in [0.4, 0.5) is 5.69 Å². The lowest BCUT2D eigenvalue weighted by molar-refractivity contribution is -0.153. The third-order valence-electron chi connectivity index (χ3n) is 4.89. The van der Waals surface area contributed by atoms with Crippen molar-refractivity contribution in [3.8, 4) is 0 Å². The molecule has 0 aliphatic carbocycles. The van der Waals surface area contributed by atoms with Gasteiger partial charge in [0.25, 0.3) is 5.91 Å². The van der Waals surface area contributed by atoms with E-state index in [0.717, 1.165) is 27.5 Å². The predicted molar refractivity (Wildman–Crippen MR) is 109 cm³/mol. The molecule has 0 fully saturated rings. The number of esters is 1. The van der Waals surface area contributed by atoms with Crippen molar-refractivity contribution < 1.29 is 22.7 Å². The highest BCUT2D eigenvalue weighted by molar-refractivity contribution is 7.89. The summed E-state index contributed by atoms with van der Waals surface area (Å²) >= 11 is 0. The van der Waals surface area contributed by atoms with E-state index in [2.05, 4.69) is 0 Å². The number of fused-ring (bicyclic) bond motifs is 1. The van der Waals surface area contributed by atoms with E-state index in [-0.39, 0.29) is 10.8 Å². The first-order valence-electron chi connectivity index (χ1n) is 9.32. The van der Waals surface area contributed by atoms with Gasteiger partial charge < -0.3 is 9.64 Å². The molecule has 8 heteroatoms. The Morgan fingerprint density at radius 2 is 1.79 bits per heavy atom. The van der Waals surface area contributed by atoms with E-state index in [4.69, 9.17) is 4.74 Å². The standard InChI is InChI=1S/C21H24N2O5S/c1-15-8-10-18(11-9-15)29(26,27)22(3)14-20(24)28-16(2)21(25)23-13-12-17-6-4-5-7-19(17)23/h4-11,16H,12-14H2,1-3H3/t16-/m1/s1. The summed E-state index contributed by atoms with van der Waals surface area (Å²) in [5.41, 5.74) is 2.82. The van der Waals surface area contributed by atoms with E-state index >= 15 is 0 Å². The van der Waals surface area contributed by atoms with Gasteiger partial charge in [-0.15, -0.1) is 0 Å². The molecule has 0 aromatic heterocycles. The second-order valence-corrected chi connectivity index (χ2v) is 9.12. The van der Waals surface area contributed by atoms with Crippen molar-refractivity contribution in [2.24, 2.45) is 0 Å². The zero-order chi connectivity index (χ0) is 21.2. The van der Waals surface area contributed by atoms with Crippen molar-refractivity contribution in [1.82, 2.24) is 4.31 Å². The molecular formula is C21H24N2O5S. The van der Waals surface area contributed by atoms with Gasteiger partial charge in [0.1, 0.15) is 6.54 Å². The molecule has 3 rings (SSSR count). The number of para-hydroxylation sites is 1. The molecule has 1 heterocycles. The summed E-state index contributed by atoms with van der Waals surface area (Å²) in [6.07, 6.45) is -0.260. The third-order valence-corrected chi connectivity index (χ3v) is 6.71. The van der Waals surface area contributed by atoms with Crippen LogP contribution in [0.1, 0.15) is 18.1 Å². The van der Waals surface area contributed by atoms with Gasteiger partial charge in [-0.1, -0.05) is 35.9 Å². The molecule has 0 saturated heterocycles. The molecule has 0 bridgehead atoms. The Morgan fingerprint density at radius 3 is 2.48 bits per heavy atom. The van der Waals surface area contributed by atoms with E-state index in [0.29, 0.717) is 6.54 Å². The fourth-order valence-corrected chi connectivity index (χ4v) is 4.34. The van der Waals surface area contributed by atoms with Gasteiger partial charge in [0.2, 0.25) is 10.0 Å². The number of likely N-dealkylation sites (N-methyl/N-ethyl adjacent to an activating group) is 1. The summed E-state index contributed by atoms with van der Waals surface area (Å²) < 4.78 is 31.3. The van der Waals surface area contributed by atoms with Gasteiger partial charge in [-0.2, -0.15) is 4.31 Å². The number of aryl methyl sites for hydroxylation is 1. The maximum atomic E-state index is 12.7. The minimum Gasteiger partial charge on any atom is -0.452 e. The third kappa shape index (κ3) is 4.49. The molecule has 1 aliphatic heterocycles. The first-order chi connectivity index (χ1) is 13.7. The largest absolute Gasteiger partial charge is 0.452 e. The van der Waals surface area contributed by atoms with Gasteiger partial charge in [0, 0.05) is 19.3 Å². The molecule has 7 nitrogen and oxygen atoms in total. The van der Waals surface area contributed by atoms with Crippen molar-refractivity contribution in [3.63, 3.8) is 0 Å². The van der Waals surface area contributed by atoms with Crippen molar-refractivity contribution >= 4 is 27.6 Å². The van der Waals surface area contributed by atoms with E-state index in [9.17, 15) is 18.0 Å². The molecule has 1 atom stereocenters. The second-order valence-electron chi connectivity index (χ2n) is 7.07. The van der Waals surface area contributed by atoms with Crippen molar-refractivity contribution in [3.05, 3.63) is 59.7 Å². The number of sulfonamides is 1. The number of benzene rings is 2. The van der Waals surface area contributed by atoms with E-state index in [1.165, 1.54) is 26.1 Å². The Hall–Kier alpha value is -2.71. The number of ether oxygens (including phenoxy) is 1. The van der Waals surface area contributed by atoms with Gasteiger partial charge >= 0.3 is 5.97 Å². The highest BCUT2D eigenvalue weighted by Crippen LogP contribution is 2.28. The molecule has 1 aliphatic rings. The molecule has 0 spiro atoms. The minimum absolute atomic E-state index is 0.0937. The number of hydrogen-bond donors (Lipinski definition) is 0. The van der Waals surface area contributed by atoms with Gasteiger partial charge in [0.05, 0.1) is 4.90 Å². The van der Waals surface area contributed by atoms with E-state index in [1.54, 1.807) is 17.0 Å². The molecule has 0 radical (unpaired) electrons. The molecule has 154 valence electrons. The Bertz CT molecular complexity index is 1020. The Kier molecular flexibility index (Phi) is 6.04. The second kappa shape index (κ2) is 8.34. The summed E-state index contributed by atoms with van der Waals surface area (Å²) in [4.78, 5) is 26.6. The normalized spacial score (nSPS) is 14.6. The van der Waals surface area contributed by atoms with Crippen LogP contribution < -0.4 is 4.90 Å². The minimum atomic E-state index is -3.83. The lowest BCUT2D eigenvalue weighted by Gasteiger charge is -2.23. The van der Waals surface area contributed by atoms with Crippen LogP contribution in [0, 0.1) is 6.92 Å². The highest BCUT2D eigenvalue weighted by Gasteiger charge is 2.31. The quantitative estimate of drug-likeness (QED) is 0.674. The summed E-state index contributed by atoms with van der Waals surface area (Å²) in [5.74, 6) is -1.11. The number of hydrogen-bond acceptors (Lipinski definition) is 5. The molecule has 2 aromatic carbocycles. The van der Waals surface area contributed by atoms with Crippen LogP contribution in [-0.4, -0.2) is 50.8 Å².